The van der Waals surface area contributed by atoms with Gasteiger partial charge in [0.25, 0.3) is 0 Å². The molecule has 2 N–H and O–H groups in total. The fraction of sp³-hybridized carbons (Fsp3) is 0.538. The van der Waals surface area contributed by atoms with Crippen molar-refractivity contribution in [3.8, 4) is 17.1 Å². The Kier molecular flexibility index (Phi) is 2.55. The van der Waals surface area contributed by atoms with E-state index in [1.165, 1.54) is 12.8 Å². The van der Waals surface area contributed by atoms with E-state index in [1.807, 2.05) is 20.9 Å². The highest BCUT2D eigenvalue weighted by molar-refractivity contribution is 5.77. The number of hydrogen-bond acceptors (Lipinski definition) is 4. The molecule has 1 aliphatic rings. The molecule has 6 nitrogen and oxygen atoms in total. The van der Waals surface area contributed by atoms with Gasteiger partial charge < -0.3 is 15.0 Å². The van der Waals surface area contributed by atoms with Gasteiger partial charge in [0.2, 0.25) is 5.88 Å². The molecular formula is C13H19N5O. The highest BCUT2D eigenvalue weighted by Gasteiger charge is 2.30. The number of imidazole rings is 1. The Balaban J connectivity index is 2.20. The second kappa shape index (κ2) is 4.01. The first kappa shape index (κ1) is 12.1. The summed E-state index contributed by atoms with van der Waals surface area (Å²) in [6.07, 6.45) is 2.37. The van der Waals surface area contributed by atoms with Crippen LogP contribution < -0.4 is 10.5 Å². The Bertz CT molecular complexity index is 636. The van der Waals surface area contributed by atoms with E-state index in [0.29, 0.717) is 11.9 Å². The minimum atomic E-state index is 0.518. The quantitative estimate of drug-likeness (QED) is 0.915. The van der Waals surface area contributed by atoms with Crippen molar-refractivity contribution < 1.29 is 4.74 Å². The molecule has 2 aromatic heterocycles. The molecule has 0 aromatic carbocycles. The number of ether oxygens (including phenoxy) is 1. The van der Waals surface area contributed by atoms with Crippen LogP contribution in [-0.4, -0.2) is 26.4 Å². The zero-order valence-electron chi connectivity index (χ0n) is 11.8. The normalized spacial score (nSPS) is 14.9. The highest BCUT2D eigenvalue weighted by Crippen LogP contribution is 2.42. The molecular weight excluding hydrogens is 242 g/mol. The number of nitrogens with zero attached hydrogens (tertiary/aromatic N) is 4. The van der Waals surface area contributed by atoms with Crippen molar-refractivity contribution in [2.45, 2.75) is 32.7 Å². The molecule has 6 heteroatoms. The third kappa shape index (κ3) is 1.70. The lowest BCUT2D eigenvalue weighted by atomic mass is 10.2. The maximum Gasteiger partial charge on any atom is 0.221 e. The highest BCUT2D eigenvalue weighted by atomic mass is 16.5. The van der Waals surface area contributed by atoms with Crippen molar-refractivity contribution in [1.82, 2.24) is 19.3 Å². The first-order valence-corrected chi connectivity index (χ1v) is 6.46. The average molecular weight is 261 g/mol. The van der Waals surface area contributed by atoms with E-state index in [1.54, 1.807) is 11.8 Å². The second-order valence-electron chi connectivity index (χ2n) is 5.09. The SMILES string of the molecule is COc1c(-c2nc(C)n(C3CC3)c2N)c(C)nn1C. The molecule has 0 saturated heterocycles. The maximum atomic E-state index is 6.29. The minimum absolute atomic E-state index is 0.518. The topological polar surface area (TPSA) is 70.9 Å². The Morgan fingerprint density at radius 1 is 1.32 bits per heavy atom. The second-order valence-corrected chi connectivity index (χ2v) is 5.09. The number of hydrogen-bond donors (Lipinski definition) is 1. The van der Waals surface area contributed by atoms with Gasteiger partial charge in [-0.05, 0) is 26.7 Å². The summed E-state index contributed by atoms with van der Waals surface area (Å²) in [4.78, 5) is 4.63. The maximum absolute atomic E-state index is 6.29. The molecule has 1 aliphatic carbocycles. The summed E-state index contributed by atoms with van der Waals surface area (Å²) < 4.78 is 9.27. The van der Waals surface area contributed by atoms with Crippen LogP contribution in [0.15, 0.2) is 0 Å². The number of anilines is 1. The zero-order chi connectivity index (χ0) is 13.7. The number of aryl methyl sites for hydroxylation is 3. The number of rotatable bonds is 3. The number of nitrogen functional groups attached to an aromatic ring is 1. The van der Waals surface area contributed by atoms with Gasteiger partial charge in [-0.3, -0.25) is 0 Å². The Hall–Kier alpha value is -1.98. The lowest BCUT2D eigenvalue weighted by Crippen LogP contribution is -2.02. The molecule has 19 heavy (non-hydrogen) atoms. The van der Waals surface area contributed by atoms with Crippen molar-refractivity contribution in [2.24, 2.45) is 7.05 Å². The van der Waals surface area contributed by atoms with Crippen LogP contribution in [0.25, 0.3) is 11.3 Å². The van der Waals surface area contributed by atoms with Gasteiger partial charge in [0.05, 0.1) is 18.4 Å². The van der Waals surface area contributed by atoms with Gasteiger partial charge in [0.15, 0.2) is 0 Å². The third-order valence-electron chi connectivity index (χ3n) is 3.64. The van der Waals surface area contributed by atoms with Crippen LogP contribution in [0.3, 0.4) is 0 Å². The van der Waals surface area contributed by atoms with Crippen LogP contribution in [0, 0.1) is 13.8 Å². The van der Waals surface area contributed by atoms with E-state index in [-0.39, 0.29) is 0 Å². The summed E-state index contributed by atoms with van der Waals surface area (Å²) in [6.45, 7) is 3.94. The van der Waals surface area contributed by atoms with E-state index in [9.17, 15) is 0 Å². The largest absolute Gasteiger partial charge is 0.481 e. The summed E-state index contributed by atoms with van der Waals surface area (Å²) >= 11 is 0. The molecule has 0 amide bonds. The van der Waals surface area contributed by atoms with E-state index in [0.717, 1.165) is 28.6 Å². The lowest BCUT2D eigenvalue weighted by Gasteiger charge is -2.06. The van der Waals surface area contributed by atoms with E-state index >= 15 is 0 Å². The Labute approximate surface area is 112 Å². The summed E-state index contributed by atoms with van der Waals surface area (Å²) in [5.74, 6) is 2.37. The monoisotopic (exact) mass is 261 g/mol. The minimum Gasteiger partial charge on any atom is -0.481 e. The fourth-order valence-corrected chi connectivity index (χ4v) is 2.68. The average Bonchev–Trinajstić information content (AvgIpc) is 3.07. The van der Waals surface area contributed by atoms with Crippen LogP contribution >= 0.6 is 0 Å². The Morgan fingerprint density at radius 3 is 2.58 bits per heavy atom. The van der Waals surface area contributed by atoms with Gasteiger partial charge in [0, 0.05) is 13.1 Å². The number of nitrogens with two attached hydrogens (primary N) is 1. The molecule has 0 bridgehead atoms. The zero-order valence-corrected chi connectivity index (χ0v) is 11.8. The van der Waals surface area contributed by atoms with Gasteiger partial charge in [-0.25, -0.2) is 9.67 Å². The lowest BCUT2D eigenvalue weighted by molar-refractivity contribution is 0.374. The molecule has 3 rings (SSSR count). The third-order valence-corrected chi connectivity index (χ3v) is 3.64. The predicted molar refractivity (Wildman–Crippen MR) is 73.1 cm³/mol. The van der Waals surface area contributed by atoms with Crippen LogP contribution in [-0.2, 0) is 7.05 Å². The Morgan fingerprint density at radius 2 is 2.00 bits per heavy atom. The predicted octanol–water partition coefficient (Wildman–Crippen LogP) is 1.83. The van der Waals surface area contributed by atoms with E-state index in [4.69, 9.17) is 10.5 Å². The van der Waals surface area contributed by atoms with Gasteiger partial charge in [0.1, 0.15) is 17.3 Å². The molecule has 0 radical (unpaired) electrons. The molecule has 0 aliphatic heterocycles. The van der Waals surface area contributed by atoms with Gasteiger partial charge >= 0.3 is 0 Å². The summed E-state index contributed by atoms with van der Waals surface area (Å²) in [5, 5.41) is 4.39. The smallest absolute Gasteiger partial charge is 0.221 e. The van der Waals surface area contributed by atoms with Crippen molar-refractivity contribution in [1.29, 1.82) is 0 Å². The van der Waals surface area contributed by atoms with Crippen LogP contribution in [0.2, 0.25) is 0 Å². The first-order valence-electron chi connectivity index (χ1n) is 6.46. The molecule has 2 aromatic rings. The summed E-state index contributed by atoms with van der Waals surface area (Å²) in [5.41, 5.74) is 8.85. The first-order chi connectivity index (χ1) is 9.04. The number of aromatic nitrogens is 4. The fourth-order valence-electron chi connectivity index (χ4n) is 2.68. The van der Waals surface area contributed by atoms with Crippen LogP contribution in [0.1, 0.15) is 30.4 Å². The van der Waals surface area contributed by atoms with Gasteiger partial charge in [-0.2, -0.15) is 5.10 Å². The molecule has 1 saturated carbocycles. The summed E-state index contributed by atoms with van der Waals surface area (Å²) in [6, 6.07) is 0.518. The molecule has 2 heterocycles. The van der Waals surface area contributed by atoms with Crippen molar-refractivity contribution >= 4 is 5.82 Å². The molecule has 0 atom stereocenters. The number of methoxy groups -OCH3 is 1. The van der Waals surface area contributed by atoms with E-state index < -0.39 is 0 Å². The van der Waals surface area contributed by atoms with E-state index in [2.05, 4.69) is 14.6 Å². The molecule has 0 unspecified atom stereocenters. The van der Waals surface area contributed by atoms with Crippen molar-refractivity contribution in [3.05, 3.63) is 11.5 Å². The summed E-state index contributed by atoms with van der Waals surface area (Å²) in [7, 11) is 3.50. The molecule has 1 fully saturated rings. The standard InChI is InChI=1S/C13H19N5O/c1-7-10(13(19-4)17(3)16-7)11-12(14)18(8(2)15-11)9-5-6-9/h9H,5-6,14H2,1-4H3. The molecule has 0 spiro atoms. The van der Waals surface area contributed by atoms with Gasteiger partial charge in [-0.1, -0.05) is 0 Å². The van der Waals surface area contributed by atoms with Crippen LogP contribution in [0.5, 0.6) is 5.88 Å². The molecule has 102 valence electrons. The van der Waals surface area contributed by atoms with Crippen molar-refractivity contribution in [2.75, 3.05) is 12.8 Å². The van der Waals surface area contributed by atoms with Gasteiger partial charge in [-0.15, -0.1) is 0 Å². The van der Waals surface area contributed by atoms with Crippen molar-refractivity contribution in [3.63, 3.8) is 0 Å². The van der Waals surface area contributed by atoms with Crippen LogP contribution in [0.4, 0.5) is 5.82 Å².